The van der Waals surface area contributed by atoms with Crippen LogP contribution in [0.25, 0.3) is 0 Å². The first kappa shape index (κ1) is 9.19. The minimum Gasteiger partial charge on any atom is -0.212 e. The lowest BCUT2D eigenvalue weighted by Crippen LogP contribution is -2.27. The van der Waals surface area contributed by atoms with E-state index in [4.69, 9.17) is 0 Å². The highest BCUT2D eigenvalue weighted by Gasteiger charge is 2.49. The van der Waals surface area contributed by atoms with Gasteiger partial charge in [-0.15, -0.1) is 0 Å². The highest BCUT2D eigenvalue weighted by molar-refractivity contribution is 8.13. The minimum absolute atomic E-state index is 0.402. The second kappa shape index (κ2) is 2.55. The molecule has 0 aliphatic heterocycles. The van der Waals surface area contributed by atoms with E-state index in [0.29, 0.717) is 12.8 Å². The van der Waals surface area contributed by atoms with Gasteiger partial charge in [-0.1, -0.05) is 0 Å². The van der Waals surface area contributed by atoms with Crippen LogP contribution >= 0.6 is 10.7 Å². The molecule has 1 rings (SSSR count). The SMILES string of the molecule is O=S(=O)(Cl)CC(F)(F)C1CC1. The molecule has 1 aliphatic carbocycles. The van der Waals surface area contributed by atoms with Crippen molar-refractivity contribution in [1.29, 1.82) is 0 Å². The van der Waals surface area contributed by atoms with Crippen LogP contribution in [-0.2, 0) is 9.05 Å². The van der Waals surface area contributed by atoms with Crippen molar-refractivity contribution < 1.29 is 17.2 Å². The second-order valence-electron chi connectivity index (χ2n) is 2.72. The van der Waals surface area contributed by atoms with Crippen molar-refractivity contribution in [3.05, 3.63) is 0 Å². The van der Waals surface area contributed by atoms with E-state index in [1.807, 2.05) is 0 Å². The first-order valence-electron chi connectivity index (χ1n) is 3.11. The fourth-order valence-electron chi connectivity index (χ4n) is 0.853. The first-order valence-corrected chi connectivity index (χ1v) is 5.59. The van der Waals surface area contributed by atoms with Crippen molar-refractivity contribution in [2.45, 2.75) is 18.8 Å². The maximum atomic E-state index is 12.6. The van der Waals surface area contributed by atoms with Crippen molar-refractivity contribution in [2.75, 3.05) is 5.75 Å². The molecule has 1 fully saturated rings. The largest absolute Gasteiger partial charge is 0.265 e. The minimum atomic E-state index is -4.06. The van der Waals surface area contributed by atoms with Gasteiger partial charge in [0.25, 0.3) is 5.92 Å². The third-order valence-corrected chi connectivity index (χ3v) is 2.60. The number of hydrogen-bond acceptors (Lipinski definition) is 2. The van der Waals surface area contributed by atoms with E-state index in [-0.39, 0.29) is 0 Å². The molecule has 1 aliphatic rings. The predicted octanol–water partition coefficient (Wildman–Crippen LogP) is 1.60. The van der Waals surface area contributed by atoms with Gasteiger partial charge in [0.2, 0.25) is 9.05 Å². The number of hydrogen-bond donors (Lipinski definition) is 0. The van der Waals surface area contributed by atoms with Gasteiger partial charge in [0.15, 0.2) is 0 Å². The van der Waals surface area contributed by atoms with E-state index in [2.05, 4.69) is 10.7 Å². The summed E-state index contributed by atoms with van der Waals surface area (Å²) in [5, 5.41) is 0. The van der Waals surface area contributed by atoms with Crippen molar-refractivity contribution in [1.82, 2.24) is 0 Å². The summed E-state index contributed by atoms with van der Waals surface area (Å²) in [4.78, 5) is 0. The molecule has 0 unspecified atom stereocenters. The molecule has 11 heavy (non-hydrogen) atoms. The van der Waals surface area contributed by atoms with Crippen LogP contribution in [0.4, 0.5) is 8.78 Å². The summed E-state index contributed by atoms with van der Waals surface area (Å²) in [5.74, 6) is -5.12. The number of alkyl halides is 2. The lowest BCUT2D eigenvalue weighted by atomic mass is 10.2. The zero-order chi connectivity index (χ0) is 8.70. The van der Waals surface area contributed by atoms with Crippen LogP contribution in [0.3, 0.4) is 0 Å². The molecule has 0 heterocycles. The van der Waals surface area contributed by atoms with E-state index >= 15 is 0 Å². The molecule has 0 N–H and O–H groups in total. The first-order chi connectivity index (χ1) is 4.81. The topological polar surface area (TPSA) is 34.1 Å². The predicted molar refractivity (Wildman–Crippen MR) is 37.3 cm³/mol. The maximum absolute atomic E-state index is 12.6. The molecule has 6 heteroatoms. The Morgan fingerprint density at radius 2 is 1.91 bits per heavy atom. The van der Waals surface area contributed by atoms with Crippen LogP contribution in [-0.4, -0.2) is 20.1 Å². The number of rotatable bonds is 3. The molecular weight excluding hydrogens is 198 g/mol. The molecule has 0 aromatic carbocycles. The van der Waals surface area contributed by atoms with E-state index in [9.17, 15) is 17.2 Å². The second-order valence-corrected chi connectivity index (χ2v) is 5.50. The Labute approximate surface area is 68.0 Å². The van der Waals surface area contributed by atoms with Crippen molar-refractivity contribution >= 4 is 19.7 Å². The Morgan fingerprint density at radius 3 is 2.18 bits per heavy atom. The number of halogens is 3. The van der Waals surface area contributed by atoms with Gasteiger partial charge >= 0.3 is 0 Å². The highest BCUT2D eigenvalue weighted by Crippen LogP contribution is 2.44. The van der Waals surface area contributed by atoms with Gasteiger partial charge in [0, 0.05) is 16.6 Å². The summed E-state index contributed by atoms with van der Waals surface area (Å²) in [5.41, 5.74) is 0. The Kier molecular flexibility index (Phi) is 2.13. The van der Waals surface area contributed by atoms with Gasteiger partial charge in [-0.05, 0) is 12.8 Å². The Hall–Kier alpha value is 0.1000. The zero-order valence-electron chi connectivity index (χ0n) is 5.56. The molecule has 0 radical (unpaired) electrons. The Bertz CT molecular complexity index is 245. The quantitative estimate of drug-likeness (QED) is 0.655. The summed E-state index contributed by atoms with van der Waals surface area (Å²) >= 11 is 0. The van der Waals surface area contributed by atoms with Gasteiger partial charge in [0.05, 0.1) is 0 Å². The fraction of sp³-hybridized carbons (Fsp3) is 1.00. The maximum Gasteiger partial charge on any atom is 0.265 e. The van der Waals surface area contributed by atoms with Gasteiger partial charge < -0.3 is 0 Å². The summed E-state index contributed by atoms with van der Waals surface area (Å²) in [6.07, 6.45) is 0.804. The van der Waals surface area contributed by atoms with Gasteiger partial charge in [0.1, 0.15) is 5.75 Å². The van der Waals surface area contributed by atoms with E-state index < -0.39 is 26.6 Å². The third-order valence-electron chi connectivity index (χ3n) is 1.54. The van der Waals surface area contributed by atoms with E-state index in [1.54, 1.807) is 0 Å². The Morgan fingerprint density at radius 1 is 1.45 bits per heavy atom. The van der Waals surface area contributed by atoms with Gasteiger partial charge in [-0.3, -0.25) is 0 Å². The molecule has 0 atom stereocenters. The molecule has 0 aromatic rings. The van der Waals surface area contributed by atoms with E-state index in [1.165, 1.54) is 0 Å². The summed E-state index contributed by atoms with van der Waals surface area (Å²) < 4.78 is 45.8. The normalized spacial score (nSPS) is 20.3. The average Bonchev–Trinajstić information content (AvgIpc) is 2.30. The van der Waals surface area contributed by atoms with Crippen LogP contribution < -0.4 is 0 Å². The Balaban J connectivity index is 2.59. The van der Waals surface area contributed by atoms with Crippen LogP contribution in [0.5, 0.6) is 0 Å². The average molecular weight is 205 g/mol. The van der Waals surface area contributed by atoms with Crippen LogP contribution in [0.2, 0.25) is 0 Å². The fourth-order valence-corrected chi connectivity index (χ4v) is 1.99. The highest BCUT2D eigenvalue weighted by atomic mass is 35.7. The molecular formula is C5H7ClF2O2S. The van der Waals surface area contributed by atoms with Crippen molar-refractivity contribution in [3.63, 3.8) is 0 Å². The third kappa shape index (κ3) is 2.91. The zero-order valence-corrected chi connectivity index (χ0v) is 7.13. The lowest BCUT2D eigenvalue weighted by Gasteiger charge is -2.11. The smallest absolute Gasteiger partial charge is 0.212 e. The summed E-state index contributed by atoms with van der Waals surface area (Å²) in [6, 6.07) is 0. The van der Waals surface area contributed by atoms with E-state index in [0.717, 1.165) is 0 Å². The summed E-state index contributed by atoms with van der Waals surface area (Å²) in [7, 11) is 0.617. The monoisotopic (exact) mass is 204 g/mol. The molecule has 1 saturated carbocycles. The van der Waals surface area contributed by atoms with Gasteiger partial charge in [-0.2, -0.15) is 0 Å². The van der Waals surface area contributed by atoms with Crippen LogP contribution in [0, 0.1) is 5.92 Å². The lowest BCUT2D eigenvalue weighted by molar-refractivity contribution is 0.00216. The van der Waals surface area contributed by atoms with Crippen molar-refractivity contribution in [3.8, 4) is 0 Å². The van der Waals surface area contributed by atoms with Gasteiger partial charge in [-0.25, -0.2) is 17.2 Å². The molecule has 0 amide bonds. The molecule has 0 saturated heterocycles. The van der Waals surface area contributed by atoms with Crippen molar-refractivity contribution in [2.24, 2.45) is 5.92 Å². The standard InChI is InChI=1S/C5H7ClF2O2S/c6-11(9,10)3-5(7,8)4-1-2-4/h4H,1-3H2. The molecule has 0 spiro atoms. The molecule has 0 aromatic heterocycles. The summed E-state index contributed by atoms with van der Waals surface area (Å²) in [6.45, 7) is 0. The molecule has 0 bridgehead atoms. The van der Waals surface area contributed by atoms with Crippen LogP contribution in [0.15, 0.2) is 0 Å². The molecule has 66 valence electrons. The molecule has 2 nitrogen and oxygen atoms in total. The van der Waals surface area contributed by atoms with Crippen LogP contribution in [0.1, 0.15) is 12.8 Å².